The summed E-state index contributed by atoms with van der Waals surface area (Å²) in [6.07, 6.45) is 3.89. The molecule has 0 aromatic carbocycles. The van der Waals surface area contributed by atoms with Crippen LogP contribution in [0.5, 0.6) is 0 Å². The van der Waals surface area contributed by atoms with Crippen LogP contribution in [0.2, 0.25) is 0 Å². The van der Waals surface area contributed by atoms with E-state index in [1.54, 1.807) is 4.31 Å². The van der Waals surface area contributed by atoms with Crippen LogP contribution in [0.25, 0.3) is 0 Å². The van der Waals surface area contributed by atoms with Crippen molar-refractivity contribution in [2.45, 2.75) is 30.9 Å². The predicted molar refractivity (Wildman–Crippen MR) is 68.2 cm³/mol. The third-order valence-electron chi connectivity index (χ3n) is 3.57. The summed E-state index contributed by atoms with van der Waals surface area (Å²) < 4.78 is 25.7. The number of rotatable bonds is 6. The molecule has 0 spiro atoms. The highest BCUT2D eigenvalue weighted by Gasteiger charge is 2.40. The molecule has 1 saturated carbocycles. The smallest absolute Gasteiger partial charge is 0.217 e. The van der Waals surface area contributed by atoms with Crippen LogP contribution in [0, 0.1) is 0 Å². The van der Waals surface area contributed by atoms with Crippen LogP contribution >= 0.6 is 0 Å². The summed E-state index contributed by atoms with van der Waals surface area (Å²) in [5.74, 6) is 0. The Balaban J connectivity index is 1.74. The molecule has 2 N–H and O–H groups in total. The van der Waals surface area contributed by atoms with Crippen molar-refractivity contribution >= 4 is 10.0 Å². The van der Waals surface area contributed by atoms with Gasteiger partial charge in [0.25, 0.3) is 0 Å². The third kappa shape index (κ3) is 3.40. The molecule has 1 saturated heterocycles. The lowest BCUT2D eigenvalue weighted by molar-refractivity contribution is 0.186. The van der Waals surface area contributed by atoms with Crippen LogP contribution in [0.3, 0.4) is 0 Å². The van der Waals surface area contributed by atoms with Crippen LogP contribution in [-0.4, -0.2) is 62.1 Å². The molecule has 2 aliphatic rings. The number of unbranched alkanes of at least 4 members (excludes halogenated alkanes) is 1. The van der Waals surface area contributed by atoms with E-state index in [0.717, 1.165) is 51.9 Å². The van der Waals surface area contributed by atoms with Gasteiger partial charge in [-0.05, 0) is 38.8 Å². The van der Waals surface area contributed by atoms with Crippen molar-refractivity contribution in [3.8, 4) is 0 Å². The molecule has 0 aromatic rings. The lowest BCUT2D eigenvalue weighted by atomic mass is 10.2. The number of piperazine rings is 1. The zero-order valence-electron chi connectivity index (χ0n) is 10.3. The topological polar surface area (TPSA) is 66.6 Å². The SMILES string of the molecule is NCCCCN1CCN(S(=O)(=O)C2CC2)CC1. The molecule has 0 amide bonds. The molecule has 1 aliphatic carbocycles. The van der Waals surface area contributed by atoms with Gasteiger partial charge in [-0.15, -0.1) is 0 Å². The largest absolute Gasteiger partial charge is 0.330 e. The Bertz CT molecular complexity index is 333. The second-order valence-electron chi connectivity index (χ2n) is 4.98. The molecular weight excluding hydrogens is 238 g/mol. The van der Waals surface area contributed by atoms with Gasteiger partial charge in [0.1, 0.15) is 0 Å². The standard InChI is InChI=1S/C11H23N3O2S/c12-5-1-2-6-13-7-9-14(10-8-13)17(15,16)11-3-4-11/h11H,1-10,12H2. The Morgan fingerprint density at radius 2 is 1.71 bits per heavy atom. The normalized spacial score (nSPS) is 24.1. The van der Waals surface area contributed by atoms with E-state index in [2.05, 4.69) is 4.90 Å². The molecule has 5 nitrogen and oxygen atoms in total. The number of hydrogen-bond donors (Lipinski definition) is 1. The van der Waals surface area contributed by atoms with Gasteiger partial charge in [-0.25, -0.2) is 8.42 Å². The average molecular weight is 261 g/mol. The fraction of sp³-hybridized carbons (Fsp3) is 1.00. The first-order chi connectivity index (χ1) is 8.14. The minimum atomic E-state index is -2.95. The summed E-state index contributed by atoms with van der Waals surface area (Å²) in [5.41, 5.74) is 5.46. The van der Waals surface area contributed by atoms with E-state index < -0.39 is 10.0 Å². The average Bonchev–Trinajstić information content (AvgIpc) is 3.14. The fourth-order valence-corrected chi connectivity index (χ4v) is 4.09. The highest BCUT2D eigenvalue weighted by Crippen LogP contribution is 2.31. The van der Waals surface area contributed by atoms with Gasteiger partial charge in [0.05, 0.1) is 5.25 Å². The van der Waals surface area contributed by atoms with Crippen LogP contribution in [-0.2, 0) is 10.0 Å². The maximum Gasteiger partial charge on any atom is 0.217 e. The Morgan fingerprint density at radius 3 is 2.24 bits per heavy atom. The number of nitrogens with two attached hydrogens (primary N) is 1. The van der Waals surface area contributed by atoms with E-state index in [0.29, 0.717) is 13.1 Å². The molecular formula is C11H23N3O2S. The molecule has 0 aromatic heterocycles. The van der Waals surface area contributed by atoms with Gasteiger partial charge in [-0.2, -0.15) is 4.31 Å². The summed E-state index contributed by atoms with van der Waals surface area (Å²) in [5, 5.41) is -0.0636. The number of hydrogen-bond acceptors (Lipinski definition) is 4. The second-order valence-corrected chi connectivity index (χ2v) is 7.19. The zero-order chi connectivity index (χ0) is 12.3. The van der Waals surface area contributed by atoms with Crippen molar-refractivity contribution in [2.75, 3.05) is 39.3 Å². The van der Waals surface area contributed by atoms with Crippen molar-refractivity contribution in [3.63, 3.8) is 0 Å². The van der Waals surface area contributed by atoms with Crippen molar-refractivity contribution in [1.29, 1.82) is 0 Å². The number of nitrogens with zero attached hydrogens (tertiary/aromatic N) is 2. The van der Waals surface area contributed by atoms with E-state index in [1.165, 1.54) is 0 Å². The predicted octanol–water partition coefficient (Wildman–Crippen LogP) is -0.165. The Labute approximate surface area is 104 Å². The Morgan fingerprint density at radius 1 is 1.06 bits per heavy atom. The fourth-order valence-electron chi connectivity index (χ4n) is 2.26. The first-order valence-corrected chi connectivity index (χ1v) is 8.06. The van der Waals surface area contributed by atoms with Crippen molar-refractivity contribution in [1.82, 2.24) is 9.21 Å². The van der Waals surface area contributed by atoms with Crippen LogP contribution in [0.4, 0.5) is 0 Å². The summed E-state index contributed by atoms with van der Waals surface area (Å²) in [6, 6.07) is 0. The molecule has 0 atom stereocenters. The Kier molecular flexibility index (Phi) is 4.41. The maximum absolute atomic E-state index is 12.0. The zero-order valence-corrected chi connectivity index (χ0v) is 11.2. The molecule has 0 bridgehead atoms. The molecule has 1 heterocycles. The summed E-state index contributed by atoms with van der Waals surface area (Å²) in [4.78, 5) is 2.34. The van der Waals surface area contributed by atoms with Gasteiger partial charge in [-0.3, -0.25) is 0 Å². The maximum atomic E-state index is 12.0. The van der Waals surface area contributed by atoms with Gasteiger partial charge in [0, 0.05) is 26.2 Å². The van der Waals surface area contributed by atoms with E-state index in [4.69, 9.17) is 5.73 Å². The van der Waals surface area contributed by atoms with E-state index in [-0.39, 0.29) is 5.25 Å². The third-order valence-corrected chi connectivity index (χ3v) is 5.96. The van der Waals surface area contributed by atoms with Gasteiger partial charge in [0.15, 0.2) is 0 Å². The molecule has 100 valence electrons. The molecule has 17 heavy (non-hydrogen) atoms. The van der Waals surface area contributed by atoms with Crippen LogP contribution < -0.4 is 5.73 Å². The van der Waals surface area contributed by atoms with E-state index in [9.17, 15) is 8.42 Å². The molecule has 2 fully saturated rings. The quantitative estimate of drug-likeness (QED) is 0.675. The molecule has 1 aliphatic heterocycles. The van der Waals surface area contributed by atoms with Crippen molar-refractivity contribution in [2.24, 2.45) is 5.73 Å². The first kappa shape index (κ1) is 13.3. The molecule has 6 heteroatoms. The summed E-state index contributed by atoms with van der Waals surface area (Å²) in [7, 11) is -2.95. The monoisotopic (exact) mass is 261 g/mol. The van der Waals surface area contributed by atoms with Crippen molar-refractivity contribution in [3.05, 3.63) is 0 Å². The molecule has 2 rings (SSSR count). The lowest BCUT2D eigenvalue weighted by Gasteiger charge is -2.34. The second kappa shape index (κ2) is 5.65. The van der Waals surface area contributed by atoms with Gasteiger partial charge >= 0.3 is 0 Å². The molecule has 0 radical (unpaired) electrons. The van der Waals surface area contributed by atoms with Crippen LogP contribution in [0.15, 0.2) is 0 Å². The van der Waals surface area contributed by atoms with Crippen molar-refractivity contribution < 1.29 is 8.42 Å². The molecule has 0 unspecified atom stereocenters. The lowest BCUT2D eigenvalue weighted by Crippen LogP contribution is -2.49. The summed E-state index contributed by atoms with van der Waals surface area (Å²) in [6.45, 7) is 4.88. The first-order valence-electron chi connectivity index (χ1n) is 6.56. The number of sulfonamides is 1. The highest BCUT2D eigenvalue weighted by molar-refractivity contribution is 7.90. The minimum absolute atomic E-state index is 0.0636. The van der Waals surface area contributed by atoms with E-state index in [1.807, 2.05) is 0 Å². The Hall–Kier alpha value is -0.170. The minimum Gasteiger partial charge on any atom is -0.330 e. The summed E-state index contributed by atoms with van der Waals surface area (Å²) >= 11 is 0. The van der Waals surface area contributed by atoms with E-state index >= 15 is 0 Å². The van der Waals surface area contributed by atoms with Gasteiger partial charge in [-0.1, -0.05) is 0 Å². The highest BCUT2D eigenvalue weighted by atomic mass is 32.2. The van der Waals surface area contributed by atoms with Crippen LogP contribution in [0.1, 0.15) is 25.7 Å². The van der Waals surface area contributed by atoms with Gasteiger partial charge < -0.3 is 10.6 Å². The van der Waals surface area contributed by atoms with Gasteiger partial charge in [0.2, 0.25) is 10.0 Å².